The fourth-order valence-electron chi connectivity index (χ4n) is 15.9. The highest BCUT2D eigenvalue weighted by molar-refractivity contribution is 14.1. The maximum atomic E-state index is 14.7. The van der Waals surface area contributed by atoms with Gasteiger partial charge in [0.2, 0.25) is 5.88 Å². The van der Waals surface area contributed by atoms with Gasteiger partial charge in [0.15, 0.2) is 16.6 Å². The minimum Gasteiger partial charge on any atom is -0.496 e. The summed E-state index contributed by atoms with van der Waals surface area (Å²) >= 11 is 5.93. The molecule has 3 saturated heterocycles. The molecule has 760 valence electrons. The highest BCUT2D eigenvalue weighted by Crippen LogP contribution is 2.50. The van der Waals surface area contributed by atoms with Gasteiger partial charge in [-0.1, -0.05) is 171 Å². The summed E-state index contributed by atoms with van der Waals surface area (Å²) in [4.78, 5) is 109. The molecule has 36 nitrogen and oxygen atoms in total. The van der Waals surface area contributed by atoms with E-state index in [-0.39, 0.29) is 128 Å². The molecule has 42 heteroatoms. The molecule has 7 aromatic rings. The normalized spacial score (nSPS) is 19.8. The van der Waals surface area contributed by atoms with Crippen molar-refractivity contribution >= 4 is 112 Å². The number of H-pyrrole nitrogens is 2. The summed E-state index contributed by atoms with van der Waals surface area (Å²) in [6, 6.07) is 12.9. The van der Waals surface area contributed by atoms with Crippen LogP contribution in [0, 0.1) is 57.3 Å². The van der Waals surface area contributed by atoms with E-state index in [2.05, 4.69) is 96.5 Å². The summed E-state index contributed by atoms with van der Waals surface area (Å²) in [5, 5.41) is 55.5. The highest BCUT2D eigenvalue weighted by atomic mass is 127. The van der Waals surface area contributed by atoms with E-state index in [9.17, 15) is 72.9 Å². The molecular weight excluding hydrogens is 2170 g/mol. The molecule has 0 unspecified atom stereocenters. The molecule has 0 amide bonds. The van der Waals surface area contributed by atoms with Crippen molar-refractivity contribution in [3.63, 3.8) is 0 Å². The Bertz CT molecular complexity index is 5900. The monoisotopic (exact) mass is 2310 g/mol. The summed E-state index contributed by atoms with van der Waals surface area (Å²) in [5.74, 6) is 0.704. The number of nitro benzene ring substituents is 3. The van der Waals surface area contributed by atoms with Gasteiger partial charge in [0.25, 0.3) is 28.2 Å². The molecule has 12 atom stereocenters. The molecule has 3 aromatic heterocycles. The van der Waals surface area contributed by atoms with E-state index >= 15 is 0 Å². The average Bonchev–Trinajstić information content (AvgIpc) is 1.71. The third-order valence-electron chi connectivity index (χ3n) is 25.5. The van der Waals surface area contributed by atoms with Gasteiger partial charge in [-0.15, -0.1) is 0 Å². The van der Waals surface area contributed by atoms with Crippen LogP contribution in [0.15, 0.2) is 96.0 Å². The van der Waals surface area contributed by atoms with Crippen LogP contribution in [0.4, 0.5) is 17.1 Å². The number of hydrogen-bond donors (Lipinski definition) is 4. The third kappa shape index (κ3) is 27.8. The van der Waals surface area contributed by atoms with Crippen LogP contribution in [0.5, 0.6) is 23.1 Å². The molecule has 4 N–H and O–H groups in total. The number of rotatable bonds is 34. The van der Waals surface area contributed by atoms with Crippen LogP contribution in [-0.2, 0) is 67.2 Å². The minimum absolute atomic E-state index is 0.0163. The van der Waals surface area contributed by atoms with Crippen molar-refractivity contribution < 1.29 is 89.1 Å². The zero-order chi connectivity index (χ0) is 103. The Hall–Kier alpha value is -7.31. The maximum absolute atomic E-state index is 14.7. The van der Waals surface area contributed by atoms with Crippen LogP contribution < -0.4 is 46.6 Å². The van der Waals surface area contributed by atoms with Gasteiger partial charge in [-0.3, -0.25) is 63.6 Å². The van der Waals surface area contributed by atoms with E-state index in [4.69, 9.17) is 55.7 Å². The highest BCUT2D eigenvalue weighted by Gasteiger charge is 2.49. The number of nitrogens with one attached hydrogen (secondary N) is 2. The second-order valence-corrected chi connectivity index (χ2v) is 56.5. The average molecular weight is 2310 g/mol. The molecular formula is C95H138I3N9O27SSi2. The van der Waals surface area contributed by atoms with E-state index in [1.165, 1.54) is 67.3 Å². The zero-order valence-corrected chi connectivity index (χ0v) is 93.4. The van der Waals surface area contributed by atoms with Crippen molar-refractivity contribution in [1.82, 2.24) is 28.7 Å². The van der Waals surface area contributed by atoms with Gasteiger partial charge < -0.3 is 65.9 Å². The fraction of sp³-hybridized carbons (Fsp3) is 0.621. The van der Waals surface area contributed by atoms with Crippen molar-refractivity contribution in [2.75, 3.05) is 27.9 Å². The third-order valence-corrected chi connectivity index (χ3v) is 38.4. The molecule has 0 bridgehead atoms. The van der Waals surface area contributed by atoms with E-state index in [0.717, 1.165) is 16.6 Å². The zero-order valence-electron chi connectivity index (χ0n) is 84.1. The second kappa shape index (κ2) is 46.0. The Morgan fingerprint density at radius 3 is 1.11 bits per heavy atom. The number of nitrogens with zero attached hydrogens (tertiary/aromatic N) is 7. The Labute approximate surface area is 844 Å². The Kier molecular flexibility index (Phi) is 38.6. The predicted molar refractivity (Wildman–Crippen MR) is 549 cm³/mol. The van der Waals surface area contributed by atoms with E-state index < -0.39 is 148 Å². The van der Waals surface area contributed by atoms with Crippen molar-refractivity contribution in [3.05, 3.63) is 210 Å². The molecule has 0 saturated carbocycles. The molecule has 4 aromatic carbocycles. The summed E-state index contributed by atoms with van der Waals surface area (Å²) in [6.07, 6.45) is -1.07. The Balaban J connectivity index is 0.000000263. The first-order valence-electron chi connectivity index (χ1n) is 45.7. The molecule has 3 aliphatic heterocycles. The number of nitro groups is 3. The molecule has 10 rings (SSSR count). The first-order valence-corrected chi connectivity index (χ1v) is 56.1. The van der Waals surface area contributed by atoms with Crippen LogP contribution >= 0.6 is 67.8 Å². The van der Waals surface area contributed by atoms with Gasteiger partial charge in [0, 0.05) is 56.1 Å². The smallest absolute Gasteiger partial charge is 0.353 e. The fourth-order valence-corrected chi connectivity index (χ4v) is 22.3. The first-order chi connectivity index (χ1) is 63.2. The standard InChI is InChI=1S/C44H66IN3O10SSi.C29H44IN3O8Si.C22H28IN3O9/c1-17-35-37(58-60(15,16)44(11,12)13)22-38(56-35)47-23-29(24-55-40(43(8,9)10)32-20-36(54-14)33(45)21-34(32)48(50)51)41(46-42(47)49)57-59(52,53)39-30(26(4)5)18-28(25(2)3)19-31(39)27(6)7;1-11-21-23(41-42(9,10)29(5,6)7)14-24(40-21)32-15-17(26(34)31-27(32)35)16-39-25(28(2,3)4)18-12-22(38-8)19(30)13-20(18)33(36)37;1-22(2,3)19(12-5-16(33-4)13(23)6-14(12)26(31)32)34-10-11-8-25(21(30)24-20(11)29)18-7-15(28)17(9-27)35-18/h18-21,23,25-27,35,37-38,40H,17,22,24H2,1-16H3;12-13,15,21,23-25H,11,14,16H2,1-10H3,(H,31,34,35);5-6,8,15,17-19,27-28H,7,9-10H2,1-4H3,(H,24,29,30)/t35-,37-,38-,40-;21-,23-,24-,25-;15-,17-,18-,19-/m111/s1. The summed E-state index contributed by atoms with van der Waals surface area (Å²) < 4.78 is 108. The number of aromatic nitrogens is 6. The van der Waals surface area contributed by atoms with E-state index in [1.54, 1.807) is 18.2 Å². The van der Waals surface area contributed by atoms with Gasteiger partial charge >= 0.3 is 27.2 Å². The van der Waals surface area contributed by atoms with Crippen molar-refractivity contribution in [3.8, 4) is 23.1 Å². The number of methoxy groups -OCH3 is 3. The summed E-state index contributed by atoms with van der Waals surface area (Å²) in [6.45, 7) is 53.3. The van der Waals surface area contributed by atoms with Gasteiger partial charge in [-0.05, 0) is 186 Å². The van der Waals surface area contributed by atoms with Crippen LogP contribution in [0.3, 0.4) is 0 Å². The largest absolute Gasteiger partial charge is 0.496 e. The van der Waals surface area contributed by atoms with Gasteiger partial charge in [0.1, 0.15) is 46.9 Å². The van der Waals surface area contributed by atoms with E-state index in [1.807, 2.05) is 184 Å². The molecule has 0 spiro atoms. The van der Waals surface area contributed by atoms with Crippen LogP contribution in [0.2, 0.25) is 36.3 Å². The van der Waals surface area contributed by atoms with Gasteiger partial charge in [-0.25, -0.2) is 14.4 Å². The lowest BCUT2D eigenvalue weighted by atomic mass is 9.83. The number of ether oxygens (including phenoxy) is 9. The van der Waals surface area contributed by atoms with Gasteiger partial charge in [0.05, 0.1) is 155 Å². The summed E-state index contributed by atoms with van der Waals surface area (Å²) in [5.41, 5.74) is -2.15. The molecule has 3 fully saturated rings. The SMILES string of the molecule is CC[C@H]1O[C@@H](n2cc(CO[C@H](c3cc(OC)c(I)cc3[N+](=O)[O-])C(C)(C)C)c(=O)[nH]c2=O)C[C@H]1O[Si](C)(C)C(C)(C)C.CC[C@H]1O[C@@H](n2cc(CO[C@H](c3cc(OC)c(I)cc3[N+](=O)[O-])C(C)(C)C)c(OS(=O)(=O)c3c(C(C)C)cc(C(C)C)cc3C(C)C)nc2=O)C[C@H]1O[Si](C)(C)C(C)(C)C.COc1cc([C@@H](OCc2cn([C@H]3C[C@@H](O)[C@@H](CO)O3)c(=O)[nH]c2=O)C(C)(C)C)c([N+](=O)[O-])cc1I. The summed E-state index contributed by atoms with van der Waals surface area (Å²) in [7, 11) is -4.48. The Morgan fingerprint density at radius 2 is 0.818 bits per heavy atom. The quantitative estimate of drug-likeness (QED) is 0.00956. The van der Waals surface area contributed by atoms with Crippen LogP contribution in [0.1, 0.15) is 296 Å². The first kappa shape index (κ1) is 115. The topological polar surface area (TPSA) is 459 Å². The second-order valence-electron chi connectivity index (χ2n) is 42.0. The molecule has 137 heavy (non-hydrogen) atoms. The van der Waals surface area contributed by atoms with Crippen molar-refractivity contribution in [2.24, 2.45) is 16.2 Å². The maximum Gasteiger partial charge on any atom is 0.353 e. The van der Waals surface area contributed by atoms with Gasteiger partial charge in [-0.2, -0.15) is 13.4 Å². The Morgan fingerprint density at radius 1 is 0.496 bits per heavy atom. The molecule has 3 aliphatic rings. The van der Waals surface area contributed by atoms with E-state index in [0.29, 0.717) is 63.9 Å². The lowest BCUT2D eigenvalue weighted by molar-refractivity contribution is -0.386. The number of halogens is 3. The molecule has 0 aliphatic carbocycles. The van der Waals surface area contributed by atoms with Crippen LogP contribution in [0.25, 0.3) is 0 Å². The number of aliphatic hydroxyl groups is 2. The predicted octanol–water partition coefficient (Wildman–Crippen LogP) is 19.7. The number of benzene rings is 4. The number of aliphatic hydroxyl groups excluding tert-OH is 2. The molecule has 6 heterocycles. The lowest BCUT2D eigenvalue weighted by Gasteiger charge is -2.39. The van der Waals surface area contributed by atoms with Crippen molar-refractivity contribution in [1.29, 1.82) is 0 Å². The minimum atomic E-state index is -4.60. The van der Waals surface area contributed by atoms with Crippen LogP contribution in [-0.4, -0.2) is 143 Å². The number of aromatic amines is 2. The number of hydrogen-bond acceptors (Lipinski definition) is 28. The lowest BCUT2D eigenvalue weighted by Crippen LogP contribution is -2.45. The molecule has 0 radical (unpaired) electrons. The van der Waals surface area contributed by atoms with Crippen molar-refractivity contribution in [2.45, 2.75) is 344 Å².